The number of rotatable bonds is 1. The lowest BCUT2D eigenvalue weighted by atomic mass is 9.95. The van der Waals surface area contributed by atoms with E-state index in [1.54, 1.807) is 4.90 Å². The van der Waals surface area contributed by atoms with Crippen molar-refractivity contribution < 1.29 is 4.79 Å². The lowest BCUT2D eigenvalue weighted by molar-refractivity contribution is -0.130. The van der Waals surface area contributed by atoms with Crippen LogP contribution in [-0.2, 0) is 4.79 Å². The number of aromatic nitrogens is 1. The van der Waals surface area contributed by atoms with Gasteiger partial charge in [0.05, 0.1) is 11.4 Å². The number of carbonyl (C=O) groups excluding carboxylic acids is 1. The van der Waals surface area contributed by atoms with E-state index in [-0.39, 0.29) is 5.91 Å². The molecule has 3 rings (SSSR count). The fourth-order valence-electron chi connectivity index (χ4n) is 2.84. The minimum Gasteiger partial charge on any atom is -0.344 e. The molecule has 0 aromatic carbocycles. The predicted octanol–water partition coefficient (Wildman–Crippen LogP) is 1.57. The summed E-state index contributed by atoms with van der Waals surface area (Å²) >= 11 is 0. The van der Waals surface area contributed by atoms with Gasteiger partial charge in [-0.15, -0.1) is 0 Å². The minimum atomic E-state index is -0.477. The predicted molar refractivity (Wildman–Crippen MR) is 69.7 cm³/mol. The van der Waals surface area contributed by atoms with Crippen molar-refractivity contribution in [2.24, 2.45) is 4.99 Å². The van der Waals surface area contributed by atoms with E-state index in [2.05, 4.69) is 4.98 Å². The molecule has 0 aliphatic carbocycles. The van der Waals surface area contributed by atoms with Gasteiger partial charge < -0.3 is 4.90 Å². The van der Waals surface area contributed by atoms with Gasteiger partial charge in [0.15, 0.2) is 0 Å². The first-order valence-corrected chi connectivity index (χ1v) is 6.39. The Balaban J connectivity index is 1.95. The van der Waals surface area contributed by atoms with Gasteiger partial charge in [-0.2, -0.15) is 0 Å². The molecule has 1 atom stereocenters. The molecular weight excluding hydrogens is 226 g/mol. The maximum atomic E-state index is 12.2. The SMILES string of the molecule is Cc1cccc(C2=N[C@@]3(CC2)CCN(C)C3=O)n1. The number of pyridine rings is 1. The van der Waals surface area contributed by atoms with E-state index in [4.69, 9.17) is 4.99 Å². The first-order chi connectivity index (χ1) is 8.61. The topological polar surface area (TPSA) is 45.6 Å². The highest BCUT2D eigenvalue weighted by atomic mass is 16.2. The molecule has 1 amide bonds. The number of hydrogen-bond donors (Lipinski definition) is 0. The first kappa shape index (κ1) is 11.4. The fraction of sp³-hybridized carbons (Fsp3) is 0.500. The molecule has 1 aromatic rings. The van der Waals surface area contributed by atoms with Gasteiger partial charge in [-0.25, -0.2) is 0 Å². The van der Waals surface area contributed by atoms with Crippen LogP contribution in [0.25, 0.3) is 0 Å². The number of likely N-dealkylation sites (N-methyl/N-ethyl adjacent to an activating group) is 1. The molecule has 0 N–H and O–H groups in total. The highest BCUT2D eigenvalue weighted by Gasteiger charge is 2.48. The zero-order valence-corrected chi connectivity index (χ0v) is 10.8. The van der Waals surface area contributed by atoms with Crippen LogP contribution in [0.1, 0.15) is 30.7 Å². The third kappa shape index (κ3) is 1.64. The van der Waals surface area contributed by atoms with Crippen LogP contribution in [0.15, 0.2) is 23.2 Å². The summed E-state index contributed by atoms with van der Waals surface area (Å²) in [6.07, 6.45) is 2.54. The van der Waals surface area contributed by atoms with Gasteiger partial charge in [0.1, 0.15) is 5.54 Å². The number of carbonyl (C=O) groups is 1. The number of likely N-dealkylation sites (tertiary alicyclic amines) is 1. The first-order valence-electron chi connectivity index (χ1n) is 6.39. The van der Waals surface area contributed by atoms with Crippen LogP contribution in [-0.4, -0.2) is 40.6 Å². The second-order valence-corrected chi connectivity index (χ2v) is 5.23. The van der Waals surface area contributed by atoms with E-state index in [9.17, 15) is 4.79 Å². The van der Waals surface area contributed by atoms with E-state index in [1.807, 2.05) is 32.2 Å². The molecule has 1 aromatic heterocycles. The Hall–Kier alpha value is -1.71. The Labute approximate surface area is 107 Å². The Kier molecular flexibility index (Phi) is 2.47. The lowest BCUT2D eigenvalue weighted by Gasteiger charge is -2.16. The van der Waals surface area contributed by atoms with Crippen molar-refractivity contribution in [2.75, 3.05) is 13.6 Å². The van der Waals surface area contributed by atoms with E-state index >= 15 is 0 Å². The van der Waals surface area contributed by atoms with Crippen LogP contribution in [0.5, 0.6) is 0 Å². The minimum absolute atomic E-state index is 0.171. The Morgan fingerprint density at radius 1 is 1.33 bits per heavy atom. The third-order valence-corrected chi connectivity index (χ3v) is 3.91. The standard InChI is InChI=1S/C14H17N3O/c1-10-4-3-5-11(15-10)12-6-7-14(16-12)8-9-17(2)13(14)18/h3-5H,6-9H2,1-2H3/t14-/m0/s1. The van der Waals surface area contributed by atoms with Crippen LogP contribution in [0, 0.1) is 6.92 Å². The molecular formula is C14H17N3O. The monoisotopic (exact) mass is 243 g/mol. The molecule has 2 aliphatic rings. The van der Waals surface area contributed by atoms with Gasteiger partial charge in [0.25, 0.3) is 0 Å². The number of nitrogens with zero attached hydrogens (tertiary/aromatic N) is 3. The number of amides is 1. The van der Waals surface area contributed by atoms with Crippen molar-refractivity contribution in [1.82, 2.24) is 9.88 Å². The molecule has 1 fully saturated rings. The average Bonchev–Trinajstić information content (AvgIpc) is 2.91. The zero-order chi connectivity index (χ0) is 12.8. The second-order valence-electron chi connectivity index (χ2n) is 5.23. The molecule has 18 heavy (non-hydrogen) atoms. The number of aryl methyl sites for hydroxylation is 1. The molecule has 0 radical (unpaired) electrons. The van der Waals surface area contributed by atoms with Gasteiger partial charge in [0, 0.05) is 19.3 Å². The second kappa shape index (κ2) is 3.90. The quantitative estimate of drug-likeness (QED) is 0.751. The maximum absolute atomic E-state index is 12.2. The molecule has 3 heterocycles. The van der Waals surface area contributed by atoms with Crippen molar-refractivity contribution in [3.63, 3.8) is 0 Å². The highest BCUT2D eigenvalue weighted by molar-refractivity contribution is 6.04. The molecule has 0 unspecified atom stereocenters. The van der Waals surface area contributed by atoms with E-state index in [0.717, 1.165) is 42.9 Å². The van der Waals surface area contributed by atoms with Crippen LogP contribution >= 0.6 is 0 Å². The molecule has 1 saturated heterocycles. The van der Waals surface area contributed by atoms with Crippen molar-refractivity contribution in [3.05, 3.63) is 29.6 Å². The Morgan fingerprint density at radius 2 is 2.17 bits per heavy atom. The van der Waals surface area contributed by atoms with Gasteiger partial charge in [-0.3, -0.25) is 14.8 Å². The van der Waals surface area contributed by atoms with Crippen LogP contribution < -0.4 is 0 Å². The Bertz CT molecular complexity index is 538. The molecule has 2 aliphatic heterocycles. The third-order valence-electron chi connectivity index (χ3n) is 3.91. The normalized spacial score (nSPS) is 27.1. The van der Waals surface area contributed by atoms with E-state index < -0.39 is 5.54 Å². The molecule has 0 saturated carbocycles. The lowest BCUT2D eigenvalue weighted by Crippen LogP contribution is -2.35. The summed E-state index contributed by atoms with van der Waals surface area (Å²) in [7, 11) is 1.86. The van der Waals surface area contributed by atoms with Crippen molar-refractivity contribution in [2.45, 2.75) is 31.7 Å². The van der Waals surface area contributed by atoms with Crippen LogP contribution in [0.2, 0.25) is 0 Å². The molecule has 94 valence electrons. The smallest absolute Gasteiger partial charge is 0.250 e. The summed E-state index contributed by atoms with van der Waals surface area (Å²) in [5, 5.41) is 0. The number of hydrogen-bond acceptors (Lipinski definition) is 3. The van der Waals surface area contributed by atoms with Crippen molar-refractivity contribution in [1.29, 1.82) is 0 Å². The Morgan fingerprint density at radius 3 is 2.83 bits per heavy atom. The van der Waals surface area contributed by atoms with E-state index in [1.165, 1.54) is 0 Å². The van der Waals surface area contributed by atoms with Gasteiger partial charge in [-0.1, -0.05) is 6.07 Å². The van der Waals surface area contributed by atoms with Crippen LogP contribution in [0.4, 0.5) is 0 Å². The summed E-state index contributed by atoms with van der Waals surface area (Å²) in [6.45, 7) is 2.79. The molecule has 1 spiro atoms. The summed E-state index contributed by atoms with van der Waals surface area (Å²) in [5.41, 5.74) is 2.43. The highest BCUT2D eigenvalue weighted by Crippen LogP contribution is 2.36. The largest absolute Gasteiger partial charge is 0.344 e. The maximum Gasteiger partial charge on any atom is 0.250 e. The van der Waals surface area contributed by atoms with Crippen LogP contribution in [0.3, 0.4) is 0 Å². The van der Waals surface area contributed by atoms with Gasteiger partial charge in [0.2, 0.25) is 5.91 Å². The van der Waals surface area contributed by atoms with Gasteiger partial charge >= 0.3 is 0 Å². The summed E-state index contributed by atoms with van der Waals surface area (Å²) in [5.74, 6) is 0.171. The van der Waals surface area contributed by atoms with Crippen molar-refractivity contribution >= 4 is 11.6 Å². The van der Waals surface area contributed by atoms with Crippen molar-refractivity contribution in [3.8, 4) is 0 Å². The molecule has 4 nitrogen and oxygen atoms in total. The van der Waals surface area contributed by atoms with Gasteiger partial charge in [-0.05, 0) is 38.3 Å². The zero-order valence-electron chi connectivity index (χ0n) is 10.8. The van der Waals surface area contributed by atoms with E-state index in [0.29, 0.717) is 0 Å². The molecule has 0 bridgehead atoms. The average molecular weight is 243 g/mol. The summed E-state index contributed by atoms with van der Waals surface area (Å²) in [6, 6.07) is 5.95. The summed E-state index contributed by atoms with van der Waals surface area (Å²) in [4.78, 5) is 23.2. The fourth-order valence-corrected chi connectivity index (χ4v) is 2.84. The molecule has 4 heteroatoms. The summed E-state index contributed by atoms with van der Waals surface area (Å²) < 4.78 is 0. The number of aliphatic imine (C=N–C) groups is 1.